The Hall–Kier alpha value is -1.77. The first kappa shape index (κ1) is 16.1. The van der Waals surface area contributed by atoms with Gasteiger partial charge in [0.25, 0.3) is 5.56 Å². The molecule has 1 fully saturated rings. The topological polar surface area (TPSA) is 84.5 Å². The fourth-order valence-electron chi connectivity index (χ4n) is 2.63. The number of morpholine rings is 1. The number of aromatic amines is 1. The Labute approximate surface area is 137 Å². The van der Waals surface area contributed by atoms with Crippen LogP contribution in [0.1, 0.15) is 28.0 Å². The first-order valence-corrected chi connectivity index (χ1v) is 8.41. The summed E-state index contributed by atoms with van der Waals surface area (Å²) in [6, 6.07) is 0. The molecule has 0 aromatic carbocycles. The number of esters is 1. The second-order valence-electron chi connectivity index (χ2n) is 5.36. The quantitative estimate of drug-likeness (QED) is 0.847. The standard InChI is InChI=1S/C15H19N3O4S/c1-3-22-15(20)12-9(2)11-13(19)16-10(17-14(11)23-12)8-18-4-6-21-7-5-18/h3-8H2,1-2H3,(H,16,17,19). The molecule has 2 aromatic heterocycles. The van der Waals surface area contributed by atoms with E-state index in [-0.39, 0.29) is 5.56 Å². The van der Waals surface area contributed by atoms with Crippen molar-refractivity contribution in [1.29, 1.82) is 0 Å². The third-order valence-electron chi connectivity index (χ3n) is 3.79. The van der Waals surface area contributed by atoms with E-state index in [0.717, 1.165) is 13.1 Å². The maximum absolute atomic E-state index is 12.4. The van der Waals surface area contributed by atoms with Gasteiger partial charge in [0, 0.05) is 13.1 Å². The average molecular weight is 337 g/mol. The lowest BCUT2D eigenvalue weighted by atomic mass is 10.2. The molecule has 1 aliphatic heterocycles. The lowest BCUT2D eigenvalue weighted by Gasteiger charge is -2.25. The number of carbonyl (C=O) groups is 1. The third-order valence-corrected chi connectivity index (χ3v) is 4.95. The minimum atomic E-state index is -0.401. The van der Waals surface area contributed by atoms with Crippen LogP contribution >= 0.6 is 11.3 Å². The fourth-order valence-corrected chi connectivity index (χ4v) is 3.72. The van der Waals surface area contributed by atoms with Gasteiger partial charge in [0.15, 0.2) is 0 Å². The molecule has 0 bridgehead atoms. The van der Waals surface area contributed by atoms with Crippen LogP contribution in [-0.4, -0.2) is 53.7 Å². The van der Waals surface area contributed by atoms with E-state index in [0.29, 0.717) is 52.8 Å². The average Bonchev–Trinajstić information content (AvgIpc) is 2.86. The number of ether oxygens (including phenoxy) is 2. The molecule has 3 heterocycles. The van der Waals surface area contributed by atoms with Gasteiger partial charge >= 0.3 is 5.97 Å². The van der Waals surface area contributed by atoms with Crippen LogP contribution in [0.4, 0.5) is 0 Å². The number of fused-ring (bicyclic) bond motifs is 1. The predicted molar refractivity (Wildman–Crippen MR) is 87.0 cm³/mol. The Morgan fingerprint density at radius 1 is 1.43 bits per heavy atom. The van der Waals surface area contributed by atoms with E-state index in [1.165, 1.54) is 11.3 Å². The van der Waals surface area contributed by atoms with Gasteiger partial charge in [-0.1, -0.05) is 0 Å². The minimum Gasteiger partial charge on any atom is -0.462 e. The summed E-state index contributed by atoms with van der Waals surface area (Å²) in [6.07, 6.45) is 0. The zero-order chi connectivity index (χ0) is 16.4. The van der Waals surface area contributed by atoms with Crippen LogP contribution in [0.15, 0.2) is 4.79 Å². The van der Waals surface area contributed by atoms with Gasteiger partial charge < -0.3 is 14.5 Å². The van der Waals surface area contributed by atoms with Crippen LogP contribution in [0.5, 0.6) is 0 Å². The summed E-state index contributed by atoms with van der Waals surface area (Å²) in [4.78, 5) is 34.9. The zero-order valence-electron chi connectivity index (χ0n) is 13.2. The van der Waals surface area contributed by atoms with E-state index in [2.05, 4.69) is 14.9 Å². The molecule has 0 amide bonds. The Morgan fingerprint density at radius 2 is 2.17 bits per heavy atom. The van der Waals surface area contributed by atoms with Gasteiger partial charge in [-0.3, -0.25) is 9.69 Å². The highest BCUT2D eigenvalue weighted by Gasteiger charge is 2.21. The lowest BCUT2D eigenvalue weighted by Crippen LogP contribution is -2.36. The number of hydrogen-bond acceptors (Lipinski definition) is 7. The van der Waals surface area contributed by atoms with Crippen LogP contribution in [0, 0.1) is 6.92 Å². The number of nitrogens with zero attached hydrogens (tertiary/aromatic N) is 2. The summed E-state index contributed by atoms with van der Waals surface area (Å²) in [5.41, 5.74) is 0.428. The summed E-state index contributed by atoms with van der Waals surface area (Å²) in [6.45, 7) is 7.41. The molecule has 1 N–H and O–H groups in total. The van der Waals surface area contributed by atoms with Crippen LogP contribution < -0.4 is 5.56 Å². The van der Waals surface area contributed by atoms with Gasteiger partial charge in [0.05, 0.1) is 31.8 Å². The highest BCUT2D eigenvalue weighted by atomic mass is 32.1. The van der Waals surface area contributed by atoms with E-state index in [1.807, 2.05) is 0 Å². The van der Waals surface area contributed by atoms with Crippen LogP contribution in [-0.2, 0) is 16.0 Å². The second-order valence-corrected chi connectivity index (χ2v) is 6.36. The van der Waals surface area contributed by atoms with Gasteiger partial charge in [-0.05, 0) is 19.4 Å². The lowest BCUT2D eigenvalue weighted by molar-refractivity contribution is 0.0331. The van der Waals surface area contributed by atoms with Gasteiger partial charge in [-0.2, -0.15) is 0 Å². The number of thiophene rings is 1. The molecular formula is C15H19N3O4S. The maximum atomic E-state index is 12.4. The normalized spacial score (nSPS) is 15.9. The fraction of sp³-hybridized carbons (Fsp3) is 0.533. The van der Waals surface area contributed by atoms with Crippen molar-refractivity contribution >= 4 is 27.5 Å². The predicted octanol–water partition coefficient (Wildman–Crippen LogP) is 1.30. The molecule has 0 unspecified atom stereocenters. The largest absolute Gasteiger partial charge is 0.462 e. The van der Waals surface area contributed by atoms with Crippen molar-refractivity contribution in [3.8, 4) is 0 Å². The maximum Gasteiger partial charge on any atom is 0.348 e. The first-order valence-electron chi connectivity index (χ1n) is 7.59. The van der Waals surface area contributed by atoms with E-state index in [1.54, 1.807) is 13.8 Å². The Morgan fingerprint density at radius 3 is 2.87 bits per heavy atom. The van der Waals surface area contributed by atoms with Crippen molar-refractivity contribution in [2.45, 2.75) is 20.4 Å². The van der Waals surface area contributed by atoms with Crippen LogP contribution in [0.3, 0.4) is 0 Å². The van der Waals surface area contributed by atoms with E-state index < -0.39 is 5.97 Å². The smallest absolute Gasteiger partial charge is 0.348 e. The number of aryl methyl sites for hydroxylation is 1. The molecule has 8 heteroatoms. The Bertz CT molecular complexity index is 777. The molecule has 3 rings (SSSR count). The van der Waals surface area contributed by atoms with Crippen LogP contribution in [0.25, 0.3) is 10.2 Å². The van der Waals surface area contributed by atoms with Gasteiger partial charge in [0.2, 0.25) is 0 Å². The summed E-state index contributed by atoms with van der Waals surface area (Å²) in [5, 5.41) is 0.476. The third kappa shape index (κ3) is 3.29. The molecule has 0 saturated carbocycles. The molecule has 0 atom stereocenters. The number of rotatable bonds is 4. The van der Waals surface area contributed by atoms with Crippen LogP contribution in [0.2, 0.25) is 0 Å². The van der Waals surface area contributed by atoms with E-state index in [9.17, 15) is 9.59 Å². The molecule has 0 aliphatic carbocycles. The van der Waals surface area contributed by atoms with Gasteiger partial charge in [-0.25, -0.2) is 9.78 Å². The molecule has 0 spiro atoms. The van der Waals surface area contributed by atoms with Crippen molar-refractivity contribution in [3.63, 3.8) is 0 Å². The highest BCUT2D eigenvalue weighted by Crippen LogP contribution is 2.27. The minimum absolute atomic E-state index is 0.206. The summed E-state index contributed by atoms with van der Waals surface area (Å²) < 4.78 is 10.4. The van der Waals surface area contributed by atoms with Crippen molar-refractivity contribution in [2.75, 3.05) is 32.9 Å². The molecule has 7 nitrogen and oxygen atoms in total. The molecule has 23 heavy (non-hydrogen) atoms. The molecule has 124 valence electrons. The molecule has 0 radical (unpaired) electrons. The van der Waals surface area contributed by atoms with Gasteiger partial charge in [-0.15, -0.1) is 11.3 Å². The number of carbonyl (C=O) groups excluding carboxylic acids is 1. The first-order chi connectivity index (χ1) is 11.1. The number of nitrogens with one attached hydrogen (secondary N) is 1. The Kier molecular flexibility index (Phi) is 4.74. The number of H-pyrrole nitrogens is 1. The van der Waals surface area contributed by atoms with E-state index in [4.69, 9.17) is 9.47 Å². The van der Waals surface area contributed by atoms with Crippen molar-refractivity contribution in [2.24, 2.45) is 0 Å². The summed E-state index contributed by atoms with van der Waals surface area (Å²) >= 11 is 1.21. The van der Waals surface area contributed by atoms with Crippen molar-refractivity contribution < 1.29 is 14.3 Å². The number of hydrogen-bond donors (Lipinski definition) is 1. The van der Waals surface area contributed by atoms with Crippen molar-refractivity contribution in [1.82, 2.24) is 14.9 Å². The SMILES string of the molecule is CCOC(=O)c1sc2nc(CN3CCOCC3)[nH]c(=O)c2c1C. The molecule has 1 aliphatic rings. The Balaban J connectivity index is 1.94. The zero-order valence-corrected chi connectivity index (χ0v) is 14.0. The molecule has 1 saturated heterocycles. The summed E-state index contributed by atoms with van der Waals surface area (Å²) in [7, 11) is 0. The van der Waals surface area contributed by atoms with E-state index >= 15 is 0 Å². The number of aromatic nitrogens is 2. The second kappa shape index (κ2) is 6.77. The summed E-state index contributed by atoms with van der Waals surface area (Å²) in [5.74, 6) is 0.211. The highest BCUT2D eigenvalue weighted by molar-refractivity contribution is 7.20. The molecular weight excluding hydrogens is 318 g/mol. The molecule has 2 aromatic rings. The van der Waals surface area contributed by atoms with Gasteiger partial charge in [0.1, 0.15) is 15.5 Å². The van der Waals surface area contributed by atoms with Crippen molar-refractivity contribution in [3.05, 3.63) is 26.6 Å². The monoisotopic (exact) mass is 337 g/mol.